The number of fused-ring (bicyclic) bond motifs is 1. The van der Waals surface area contributed by atoms with Gasteiger partial charge in [-0.05, 0) is 55.5 Å². The highest BCUT2D eigenvalue weighted by atomic mass is 35.5. The Balaban J connectivity index is 2.25. The summed E-state index contributed by atoms with van der Waals surface area (Å²) in [5.41, 5.74) is 0.836. The van der Waals surface area contributed by atoms with Gasteiger partial charge in [-0.15, -0.1) is 0 Å². The predicted molar refractivity (Wildman–Crippen MR) is 95.9 cm³/mol. The zero-order valence-corrected chi connectivity index (χ0v) is 14.4. The lowest BCUT2D eigenvalue weighted by Gasteiger charge is -2.10. The number of nitrogens with zero attached hydrogens (tertiary/aromatic N) is 1. The molecule has 1 aromatic heterocycles. The topological polar surface area (TPSA) is 47.0 Å². The Morgan fingerprint density at radius 3 is 2.57 bits per heavy atom. The highest BCUT2D eigenvalue weighted by Gasteiger charge is 2.11. The van der Waals surface area contributed by atoms with E-state index >= 15 is 0 Å². The fraction of sp³-hybridized carbons (Fsp3) is 0.125. The Morgan fingerprint density at radius 2 is 1.91 bits per heavy atom. The fourth-order valence-corrected chi connectivity index (χ4v) is 3.17. The van der Waals surface area contributed by atoms with Gasteiger partial charge in [0.2, 0.25) is 0 Å². The number of H-pyrrole nitrogens is 1. The first kappa shape index (κ1) is 16.1. The van der Waals surface area contributed by atoms with Crippen LogP contribution in [0.1, 0.15) is 6.92 Å². The number of hydrogen-bond acceptors (Lipinski definition) is 3. The molecule has 3 aromatic rings. The first-order valence-electron chi connectivity index (χ1n) is 6.88. The van der Waals surface area contributed by atoms with Crippen molar-refractivity contribution < 1.29 is 4.74 Å². The van der Waals surface area contributed by atoms with E-state index in [0.717, 1.165) is 5.75 Å². The van der Waals surface area contributed by atoms with Crippen LogP contribution in [0.15, 0.2) is 41.2 Å². The Hall–Kier alpha value is -1.82. The van der Waals surface area contributed by atoms with Crippen LogP contribution in [0.3, 0.4) is 0 Å². The molecular weight excluding hydrogens is 355 g/mol. The van der Waals surface area contributed by atoms with E-state index in [9.17, 15) is 4.79 Å². The summed E-state index contributed by atoms with van der Waals surface area (Å²) in [6.07, 6.45) is 0. The van der Waals surface area contributed by atoms with Crippen molar-refractivity contribution in [3.05, 3.63) is 61.6 Å². The summed E-state index contributed by atoms with van der Waals surface area (Å²) in [4.78, 5) is 15.8. The molecular formula is C16H12Cl2N2O2S. The normalized spacial score (nSPS) is 10.9. The molecule has 0 bridgehead atoms. The summed E-state index contributed by atoms with van der Waals surface area (Å²) >= 11 is 17.4. The number of ether oxygens (including phenoxy) is 1. The minimum absolute atomic E-state index is 0.260. The molecule has 118 valence electrons. The maximum atomic E-state index is 12.8. The van der Waals surface area contributed by atoms with Crippen molar-refractivity contribution in [1.82, 2.24) is 9.55 Å². The number of rotatable bonds is 3. The number of halogens is 2. The minimum Gasteiger partial charge on any atom is -0.494 e. The third-order valence-electron chi connectivity index (χ3n) is 3.33. The monoisotopic (exact) mass is 366 g/mol. The molecule has 0 unspecified atom stereocenters. The van der Waals surface area contributed by atoms with Crippen LogP contribution in [0.4, 0.5) is 0 Å². The summed E-state index contributed by atoms with van der Waals surface area (Å²) in [7, 11) is 0. The summed E-state index contributed by atoms with van der Waals surface area (Å²) in [5.74, 6) is 0.728. The van der Waals surface area contributed by atoms with Crippen LogP contribution in [0.2, 0.25) is 10.0 Å². The van der Waals surface area contributed by atoms with Crippen LogP contribution in [0.5, 0.6) is 5.75 Å². The molecule has 0 amide bonds. The Kier molecular flexibility index (Phi) is 4.43. The highest BCUT2D eigenvalue weighted by molar-refractivity contribution is 7.71. The van der Waals surface area contributed by atoms with Gasteiger partial charge in [-0.25, -0.2) is 0 Å². The summed E-state index contributed by atoms with van der Waals surface area (Å²) < 4.78 is 7.07. The lowest BCUT2D eigenvalue weighted by Crippen LogP contribution is -2.20. The standard InChI is InChI=1S/C16H12Cl2N2O2S/c1-2-22-11-5-3-10(4-6-11)20-15(21)12-7-9(17)8-13(18)14(12)19-16(20)23/h3-8H,2H2,1H3,(H,19,23). The molecule has 0 saturated heterocycles. The van der Waals surface area contributed by atoms with Crippen LogP contribution in [0, 0.1) is 4.77 Å². The molecule has 0 atom stereocenters. The maximum absolute atomic E-state index is 12.8. The molecule has 0 radical (unpaired) electrons. The van der Waals surface area contributed by atoms with E-state index in [1.54, 1.807) is 36.4 Å². The molecule has 0 aliphatic heterocycles. The van der Waals surface area contributed by atoms with E-state index in [1.165, 1.54) is 4.57 Å². The van der Waals surface area contributed by atoms with Gasteiger partial charge in [-0.3, -0.25) is 9.36 Å². The van der Waals surface area contributed by atoms with Gasteiger partial charge in [0.05, 0.1) is 28.2 Å². The van der Waals surface area contributed by atoms with E-state index in [1.807, 2.05) is 6.92 Å². The minimum atomic E-state index is -0.280. The summed E-state index contributed by atoms with van der Waals surface area (Å²) in [6, 6.07) is 10.3. The fourth-order valence-electron chi connectivity index (χ4n) is 2.34. The molecule has 0 aliphatic carbocycles. The lowest BCUT2D eigenvalue weighted by molar-refractivity contribution is 0.340. The quantitative estimate of drug-likeness (QED) is 0.680. The molecule has 23 heavy (non-hydrogen) atoms. The van der Waals surface area contributed by atoms with Gasteiger partial charge >= 0.3 is 0 Å². The second kappa shape index (κ2) is 6.35. The number of benzene rings is 2. The van der Waals surface area contributed by atoms with Crippen LogP contribution >= 0.6 is 35.4 Å². The van der Waals surface area contributed by atoms with E-state index in [-0.39, 0.29) is 10.3 Å². The molecule has 1 N–H and O–H groups in total. The van der Waals surface area contributed by atoms with Gasteiger partial charge < -0.3 is 9.72 Å². The molecule has 2 aromatic carbocycles. The smallest absolute Gasteiger partial charge is 0.266 e. The molecule has 1 heterocycles. The van der Waals surface area contributed by atoms with E-state index in [0.29, 0.717) is 33.2 Å². The predicted octanol–water partition coefficient (Wildman–Crippen LogP) is 4.75. The zero-order valence-electron chi connectivity index (χ0n) is 12.1. The number of aromatic amines is 1. The average Bonchev–Trinajstić information content (AvgIpc) is 2.51. The Morgan fingerprint density at radius 1 is 1.22 bits per heavy atom. The Bertz CT molecular complexity index is 994. The lowest BCUT2D eigenvalue weighted by atomic mass is 10.2. The van der Waals surface area contributed by atoms with Gasteiger partial charge in [-0.2, -0.15) is 0 Å². The molecule has 0 spiro atoms. The first-order valence-corrected chi connectivity index (χ1v) is 8.05. The SMILES string of the molecule is CCOc1ccc(-n2c(=S)[nH]c3c(Cl)cc(Cl)cc3c2=O)cc1. The average molecular weight is 367 g/mol. The van der Waals surface area contributed by atoms with Crippen molar-refractivity contribution in [3.63, 3.8) is 0 Å². The second-order valence-corrected chi connectivity index (χ2v) is 6.04. The van der Waals surface area contributed by atoms with Gasteiger partial charge in [-0.1, -0.05) is 23.2 Å². The Labute approximate surface area is 147 Å². The van der Waals surface area contributed by atoms with Crippen LogP contribution in [-0.2, 0) is 0 Å². The number of hydrogen-bond donors (Lipinski definition) is 1. The molecule has 7 heteroatoms. The summed E-state index contributed by atoms with van der Waals surface area (Å²) in [6.45, 7) is 2.48. The van der Waals surface area contributed by atoms with Crippen molar-refractivity contribution in [2.24, 2.45) is 0 Å². The highest BCUT2D eigenvalue weighted by Crippen LogP contribution is 2.25. The zero-order chi connectivity index (χ0) is 16.6. The summed E-state index contributed by atoms with van der Waals surface area (Å²) in [5, 5.41) is 1.13. The van der Waals surface area contributed by atoms with Crippen molar-refractivity contribution in [2.45, 2.75) is 6.92 Å². The van der Waals surface area contributed by atoms with Crippen molar-refractivity contribution >= 4 is 46.3 Å². The number of aromatic nitrogens is 2. The van der Waals surface area contributed by atoms with Crippen molar-refractivity contribution in [3.8, 4) is 11.4 Å². The van der Waals surface area contributed by atoms with Gasteiger partial charge in [0.15, 0.2) is 4.77 Å². The molecule has 4 nitrogen and oxygen atoms in total. The number of nitrogens with one attached hydrogen (secondary N) is 1. The molecule has 3 rings (SSSR count). The van der Waals surface area contributed by atoms with Crippen molar-refractivity contribution in [1.29, 1.82) is 0 Å². The van der Waals surface area contributed by atoms with E-state index < -0.39 is 0 Å². The molecule has 0 fully saturated rings. The third-order valence-corrected chi connectivity index (χ3v) is 4.13. The van der Waals surface area contributed by atoms with E-state index in [4.69, 9.17) is 40.2 Å². The van der Waals surface area contributed by atoms with Crippen LogP contribution < -0.4 is 10.3 Å². The second-order valence-electron chi connectivity index (χ2n) is 4.81. The van der Waals surface area contributed by atoms with Gasteiger partial charge in [0, 0.05) is 5.02 Å². The first-order chi connectivity index (χ1) is 11.0. The molecule has 0 saturated carbocycles. The van der Waals surface area contributed by atoms with E-state index in [2.05, 4.69) is 4.98 Å². The van der Waals surface area contributed by atoms with Gasteiger partial charge in [0.1, 0.15) is 5.75 Å². The van der Waals surface area contributed by atoms with Crippen LogP contribution in [-0.4, -0.2) is 16.2 Å². The largest absolute Gasteiger partial charge is 0.494 e. The van der Waals surface area contributed by atoms with Gasteiger partial charge in [0.25, 0.3) is 5.56 Å². The van der Waals surface area contributed by atoms with Crippen molar-refractivity contribution in [2.75, 3.05) is 6.61 Å². The van der Waals surface area contributed by atoms with Crippen LogP contribution in [0.25, 0.3) is 16.6 Å². The third kappa shape index (κ3) is 3.00. The molecule has 0 aliphatic rings. The maximum Gasteiger partial charge on any atom is 0.266 e.